The van der Waals surface area contributed by atoms with E-state index in [4.69, 9.17) is 9.84 Å². The molecular formula is C12H18O2S. The van der Waals surface area contributed by atoms with Gasteiger partial charge in [-0.05, 0) is 13.0 Å². The van der Waals surface area contributed by atoms with E-state index in [1.165, 1.54) is 11.1 Å². The van der Waals surface area contributed by atoms with Gasteiger partial charge in [0.05, 0.1) is 13.7 Å². The highest BCUT2D eigenvalue weighted by Crippen LogP contribution is 2.26. The maximum atomic E-state index is 8.94. The highest BCUT2D eigenvalue weighted by Gasteiger charge is 2.06. The third-order valence-electron chi connectivity index (χ3n) is 2.22. The van der Waals surface area contributed by atoms with Gasteiger partial charge in [0.1, 0.15) is 5.75 Å². The summed E-state index contributed by atoms with van der Waals surface area (Å²) in [6, 6.07) is 6.17. The quantitative estimate of drug-likeness (QED) is 0.837. The minimum atomic E-state index is 0.221. The summed E-state index contributed by atoms with van der Waals surface area (Å²) in [6.45, 7) is 4.31. The molecule has 0 saturated heterocycles. The lowest BCUT2D eigenvalue weighted by Crippen LogP contribution is -2.03. The summed E-state index contributed by atoms with van der Waals surface area (Å²) >= 11 is 1.74. The maximum absolute atomic E-state index is 8.94. The van der Waals surface area contributed by atoms with E-state index in [0.29, 0.717) is 0 Å². The van der Waals surface area contributed by atoms with Crippen LogP contribution >= 0.6 is 11.8 Å². The molecule has 15 heavy (non-hydrogen) atoms. The van der Waals surface area contributed by atoms with Crippen LogP contribution in [-0.4, -0.2) is 24.1 Å². The van der Waals surface area contributed by atoms with Gasteiger partial charge in [0.15, 0.2) is 0 Å². The lowest BCUT2D eigenvalue weighted by molar-refractivity contribution is 0.300. The van der Waals surface area contributed by atoms with Gasteiger partial charge < -0.3 is 9.84 Å². The summed E-state index contributed by atoms with van der Waals surface area (Å²) in [7, 11) is 1.69. The number of hydrogen-bond donors (Lipinski definition) is 1. The van der Waals surface area contributed by atoms with Crippen molar-refractivity contribution in [1.82, 2.24) is 0 Å². The second kappa shape index (κ2) is 6.03. The van der Waals surface area contributed by atoms with Crippen molar-refractivity contribution in [3.63, 3.8) is 0 Å². The molecule has 0 spiro atoms. The number of aryl methyl sites for hydroxylation is 1. The fraction of sp³-hybridized carbons (Fsp3) is 0.500. The molecule has 1 aromatic rings. The minimum absolute atomic E-state index is 0.221. The van der Waals surface area contributed by atoms with Gasteiger partial charge in [0, 0.05) is 16.6 Å². The normalized spacial score (nSPS) is 12.5. The van der Waals surface area contributed by atoms with Crippen LogP contribution in [0.5, 0.6) is 5.75 Å². The van der Waals surface area contributed by atoms with Gasteiger partial charge in [0.25, 0.3) is 0 Å². The van der Waals surface area contributed by atoms with Crippen LogP contribution in [-0.2, 0) is 5.75 Å². The van der Waals surface area contributed by atoms with Crippen LogP contribution in [0.25, 0.3) is 0 Å². The first-order valence-corrected chi connectivity index (χ1v) is 6.08. The molecule has 0 bridgehead atoms. The van der Waals surface area contributed by atoms with Crippen molar-refractivity contribution in [2.24, 2.45) is 0 Å². The van der Waals surface area contributed by atoms with E-state index < -0.39 is 0 Å². The molecule has 0 heterocycles. The molecule has 0 saturated carbocycles. The first kappa shape index (κ1) is 12.4. The van der Waals surface area contributed by atoms with E-state index in [2.05, 4.69) is 13.0 Å². The summed E-state index contributed by atoms with van der Waals surface area (Å²) in [4.78, 5) is 0. The SMILES string of the molecule is COc1ccc(C)cc1CSC(C)CO. The lowest BCUT2D eigenvalue weighted by Gasteiger charge is -2.11. The van der Waals surface area contributed by atoms with Gasteiger partial charge in [-0.2, -0.15) is 11.8 Å². The Kier molecular flexibility index (Phi) is 4.99. The lowest BCUT2D eigenvalue weighted by atomic mass is 10.1. The van der Waals surface area contributed by atoms with Crippen molar-refractivity contribution >= 4 is 11.8 Å². The van der Waals surface area contributed by atoms with Gasteiger partial charge in [-0.1, -0.05) is 24.6 Å². The Morgan fingerprint density at radius 2 is 2.20 bits per heavy atom. The second-order valence-electron chi connectivity index (χ2n) is 3.62. The summed E-state index contributed by atoms with van der Waals surface area (Å²) < 4.78 is 5.29. The van der Waals surface area contributed by atoms with Gasteiger partial charge in [-0.15, -0.1) is 0 Å². The molecule has 0 amide bonds. The van der Waals surface area contributed by atoms with Crippen molar-refractivity contribution < 1.29 is 9.84 Å². The highest BCUT2D eigenvalue weighted by molar-refractivity contribution is 7.99. The topological polar surface area (TPSA) is 29.5 Å². The van der Waals surface area contributed by atoms with Gasteiger partial charge in [-0.3, -0.25) is 0 Å². The van der Waals surface area contributed by atoms with Crippen LogP contribution in [0, 0.1) is 6.92 Å². The zero-order valence-corrected chi connectivity index (χ0v) is 10.3. The Morgan fingerprint density at radius 3 is 2.80 bits per heavy atom. The highest BCUT2D eigenvalue weighted by atomic mass is 32.2. The molecular weight excluding hydrogens is 208 g/mol. The summed E-state index contributed by atoms with van der Waals surface area (Å²) in [5.74, 6) is 1.81. The van der Waals surface area contributed by atoms with E-state index in [1.807, 2.05) is 19.1 Å². The first-order valence-electron chi connectivity index (χ1n) is 5.03. The zero-order valence-electron chi connectivity index (χ0n) is 9.49. The molecule has 1 unspecified atom stereocenters. The van der Waals surface area contributed by atoms with E-state index in [9.17, 15) is 0 Å². The number of aliphatic hydroxyl groups excluding tert-OH is 1. The van der Waals surface area contributed by atoms with Crippen LogP contribution < -0.4 is 4.74 Å². The number of aliphatic hydroxyl groups is 1. The van der Waals surface area contributed by atoms with Crippen molar-refractivity contribution in [2.75, 3.05) is 13.7 Å². The molecule has 3 heteroatoms. The number of rotatable bonds is 5. The number of thioether (sulfide) groups is 1. The van der Waals surface area contributed by atoms with E-state index in [1.54, 1.807) is 18.9 Å². The molecule has 1 N–H and O–H groups in total. The molecule has 1 atom stereocenters. The molecule has 84 valence electrons. The van der Waals surface area contributed by atoms with Crippen LogP contribution in [0.15, 0.2) is 18.2 Å². The smallest absolute Gasteiger partial charge is 0.122 e. The van der Waals surface area contributed by atoms with Crippen LogP contribution in [0.3, 0.4) is 0 Å². The Balaban J connectivity index is 2.69. The van der Waals surface area contributed by atoms with Gasteiger partial charge in [0.2, 0.25) is 0 Å². The molecule has 1 aromatic carbocycles. The monoisotopic (exact) mass is 226 g/mol. The number of methoxy groups -OCH3 is 1. The average molecular weight is 226 g/mol. The molecule has 0 aliphatic carbocycles. The summed E-state index contributed by atoms with van der Waals surface area (Å²) in [5.41, 5.74) is 2.44. The Bertz CT molecular complexity index is 312. The third kappa shape index (κ3) is 3.76. The zero-order chi connectivity index (χ0) is 11.3. The molecule has 0 aliphatic rings. The minimum Gasteiger partial charge on any atom is -0.496 e. The Hall–Kier alpha value is -0.670. The van der Waals surface area contributed by atoms with Crippen molar-refractivity contribution in [2.45, 2.75) is 24.9 Å². The van der Waals surface area contributed by atoms with E-state index >= 15 is 0 Å². The molecule has 0 fully saturated rings. The van der Waals surface area contributed by atoms with Crippen LogP contribution in [0.2, 0.25) is 0 Å². The summed E-state index contributed by atoms with van der Waals surface area (Å²) in [5, 5.41) is 9.22. The largest absolute Gasteiger partial charge is 0.496 e. The van der Waals surface area contributed by atoms with E-state index in [0.717, 1.165) is 11.5 Å². The maximum Gasteiger partial charge on any atom is 0.122 e. The fourth-order valence-corrected chi connectivity index (χ4v) is 2.10. The Morgan fingerprint density at radius 1 is 1.47 bits per heavy atom. The van der Waals surface area contributed by atoms with Gasteiger partial charge in [-0.25, -0.2) is 0 Å². The van der Waals surface area contributed by atoms with Crippen LogP contribution in [0.1, 0.15) is 18.1 Å². The number of ether oxygens (including phenoxy) is 1. The average Bonchev–Trinajstić information content (AvgIpc) is 2.26. The van der Waals surface area contributed by atoms with Crippen molar-refractivity contribution in [3.05, 3.63) is 29.3 Å². The molecule has 2 nitrogen and oxygen atoms in total. The van der Waals surface area contributed by atoms with Crippen LogP contribution in [0.4, 0.5) is 0 Å². The first-order chi connectivity index (χ1) is 7.17. The molecule has 1 rings (SSSR count). The fourth-order valence-electron chi connectivity index (χ4n) is 1.30. The van der Waals surface area contributed by atoms with Crippen molar-refractivity contribution in [1.29, 1.82) is 0 Å². The predicted molar refractivity (Wildman–Crippen MR) is 65.6 cm³/mol. The van der Waals surface area contributed by atoms with E-state index in [-0.39, 0.29) is 11.9 Å². The Labute approximate surface area is 95.7 Å². The molecule has 0 aromatic heterocycles. The standard InChI is InChI=1S/C12H18O2S/c1-9-4-5-12(14-3)11(6-9)8-15-10(2)7-13/h4-6,10,13H,7-8H2,1-3H3. The molecule has 0 radical (unpaired) electrons. The summed E-state index contributed by atoms with van der Waals surface area (Å²) in [6.07, 6.45) is 0. The van der Waals surface area contributed by atoms with Gasteiger partial charge >= 0.3 is 0 Å². The number of benzene rings is 1. The second-order valence-corrected chi connectivity index (χ2v) is 5.05. The molecule has 0 aliphatic heterocycles. The van der Waals surface area contributed by atoms with Crippen molar-refractivity contribution in [3.8, 4) is 5.75 Å². The third-order valence-corrected chi connectivity index (χ3v) is 3.41. The number of hydrogen-bond acceptors (Lipinski definition) is 3. The predicted octanol–water partition coefficient (Wildman–Crippen LogP) is 2.62.